The Hall–Kier alpha value is -2.55. The third kappa shape index (κ3) is 4.03. The smallest absolute Gasteiger partial charge is 0.176 e. The molecule has 4 rings (SSSR count). The number of halogens is 1. The highest BCUT2D eigenvalue weighted by Gasteiger charge is 2.32. The molecule has 1 aliphatic heterocycles. The van der Waals surface area contributed by atoms with Crippen molar-refractivity contribution in [3.05, 3.63) is 39.9 Å². The van der Waals surface area contributed by atoms with Crippen LogP contribution < -0.4 is 9.80 Å². The molecule has 0 saturated heterocycles. The lowest BCUT2D eigenvalue weighted by molar-refractivity contribution is 0.682. The van der Waals surface area contributed by atoms with Crippen molar-refractivity contribution in [2.45, 2.75) is 59.9 Å². The summed E-state index contributed by atoms with van der Waals surface area (Å²) < 4.78 is 2.83. The van der Waals surface area contributed by atoms with Gasteiger partial charge in [0.05, 0.1) is 12.2 Å². The zero-order chi connectivity index (χ0) is 22.1. The Morgan fingerprint density at radius 3 is 2.68 bits per heavy atom. The number of rotatable bonds is 7. The number of aryl methyl sites for hydroxylation is 1. The lowest BCUT2D eigenvalue weighted by Crippen LogP contribution is -2.33. The molecule has 0 saturated carbocycles. The standard InChI is InChI=1S/C22H29BrN8/c1-6-8-11-29(7-2)21-20-22(25-15(5)24-21)30(13-19-26-27-28-31(19)20)18-10-9-16(14(3)4)12-17(18)23/h9-10,12,14H,6-8,11,13H2,1-5H3. The largest absolute Gasteiger partial charge is 0.355 e. The highest BCUT2D eigenvalue weighted by atomic mass is 79.9. The zero-order valence-electron chi connectivity index (χ0n) is 18.8. The van der Waals surface area contributed by atoms with Crippen molar-refractivity contribution in [3.8, 4) is 5.69 Å². The first-order chi connectivity index (χ1) is 14.9. The fourth-order valence-corrected chi connectivity index (χ4v) is 4.50. The molecule has 0 bridgehead atoms. The monoisotopic (exact) mass is 484 g/mol. The van der Waals surface area contributed by atoms with Crippen molar-refractivity contribution in [3.63, 3.8) is 0 Å². The second kappa shape index (κ2) is 8.90. The molecule has 0 amide bonds. The molecule has 0 N–H and O–H groups in total. The van der Waals surface area contributed by atoms with Gasteiger partial charge in [-0.25, -0.2) is 9.97 Å². The molecule has 0 aliphatic carbocycles. The van der Waals surface area contributed by atoms with Crippen molar-refractivity contribution < 1.29 is 0 Å². The van der Waals surface area contributed by atoms with Crippen LogP contribution in [0.5, 0.6) is 0 Å². The molecule has 8 nitrogen and oxygen atoms in total. The van der Waals surface area contributed by atoms with Crippen molar-refractivity contribution in [1.82, 2.24) is 30.2 Å². The third-order valence-corrected chi connectivity index (χ3v) is 6.29. The average Bonchev–Trinajstić information content (AvgIpc) is 3.21. The summed E-state index contributed by atoms with van der Waals surface area (Å²) in [5, 5.41) is 12.5. The van der Waals surface area contributed by atoms with Crippen LogP contribution in [0.1, 0.15) is 63.7 Å². The van der Waals surface area contributed by atoms with E-state index in [4.69, 9.17) is 9.97 Å². The summed E-state index contributed by atoms with van der Waals surface area (Å²) in [6.07, 6.45) is 2.22. The Labute approximate surface area is 191 Å². The number of unbranched alkanes of at least 4 members (excludes halogenated alkanes) is 1. The van der Waals surface area contributed by atoms with E-state index in [1.165, 1.54) is 5.56 Å². The van der Waals surface area contributed by atoms with Gasteiger partial charge in [0.2, 0.25) is 0 Å². The van der Waals surface area contributed by atoms with Crippen LogP contribution in [0, 0.1) is 6.92 Å². The molecule has 0 radical (unpaired) electrons. The molecule has 0 unspecified atom stereocenters. The van der Waals surface area contributed by atoms with Gasteiger partial charge in [-0.2, -0.15) is 4.68 Å². The molecule has 164 valence electrons. The van der Waals surface area contributed by atoms with E-state index >= 15 is 0 Å². The molecule has 1 aliphatic rings. The van der Waals surface area contributed by atoms with Gasteiger partial charge >= 0.3 is 0 Å². The van der Waals surface area contributed by atoms with Crippen LogP contribution in [0.4, 0.5) is 17.3 Å². The molecular weight excluding hydrogens is 456 g/mol. The van der Waals surface area contributed by atoms with Crippen LogP contribution in [-0.4, -0.2) is 43.3 Å². The molecule has 3 heterocycles. The van der Waals surface area contributed by atoms with Gasteiger partial charge in [0, 0.05) is 17.6 Å². The number of nitrogens with zero attached hydrogens (tertiary/aromatic N) is 8. The SMILES string of the molecule is CCCCN(CC)c1nc(C)nc2c1-n1nnnc1CN2c1ccc(C(C)C)cc1Br. The summed E-state index contributed by atoms with van der Waals surface area (Å²) in [7, 11) is 0. The summed E-state index contributed by atoms with van der Waals surface area (Å²) >= 11 is 3.79. The molecule has 1 aromatic carbocycles. The fourth-order valence-electron chi connectivity index (χ4n) is 3.89. The van der Waals surface area contributed by atoms with E-state index in [1.54, 1.807) is 4.68 Å². The quantitative estimate of drug-likeness (QED) is 0.470. The minimum absolute atomic E-state index is 0.458. The van der Waals surface area contributed by atoms with E-state index in [0.717, 1.165) is 65.1 Å². The molecule has 0 atom stereocenters. The van der Waals surface area contributed by atoms with E-state index in [-0.39, 0.29) is 0 Å². The Morgan fingerprint density at radius 1 is 1.19 bits per heavy atom. The number of anilines is 3. The zero-order valence-corrected chi connectivity index (χ0v) is 20.4. The second-order valence-electron chi connectivity index (χ2n) is 8.16. The molecule has 31 heavy (non-hydrogen) atoms. The maximum atomic E-state index is 4.86. The molecule has 3 aromatic rings. The summed E-state index contributed by atoms with van der Waals surface area (Å²) in [6.45, 7) is 13.0. The maximum Gasteiger partial charge on any atom is 0.176 e. The normalized spacial score (nSPS) is 12.8. The van der Waals surface area contributed by atoms with Gasteiger partial charge in [0.1, 0.15) is 5.82 Å². The number of benzene rings is 1. The first-order valence-corrected chi connectivity index (χ1v) is 11.7. The van der Waals surface area contributed by atoms with E-state index in [2.05, 4.69) is 87.1 Å². The van der Waals surface area contributed by atoms with Crippen LogP contribution in [0.2, 0.25) is 0 Å². The molecule has 0 fully saturated rings. The summed E-state index contributed by atoms with van der Waals surface area (Å²) in [5.74, 6) is 3.67. The first-order valence-electron chi connectivity index (χ1n) is 10.9. The van der Waals surface area contributed by atoms with Crippen molar-refractivity contribution in [1.29, 1.82) is 0 Å². The predicted molar refractivity (Wildman–Crippen MR) is 126 cm³/mol. The van der Waals surface area contributed by atoms with Crippen LogP contribution >= 0.6 is 15.9 Å². The Morgan fingerprint density at radius 2 is 2.00 bits per heavy atom. The van der Waals surface area contributed by atoms with Crippen molar-refractivity contribution in [2.75, 3.05) is 22.9 Å². The van der Waals surface area contributed by atoms with Crippen LogP contribution in [0.25, 0.3) is 5.69 Å². The number of aromatic nitrogens is 6. The van der Waals surface area contributed by atoms with Crippen LogP contribution in [0.15, 0.2) is 22.7 Å². The van der Waals surface area contributed by atoms with Crippen molar-refractivity contribution in [2.24, 2.45) is 0 Å². The van der Waals surface area contributed by atoms with Crippen molar-refractivity contribution >= 4 is 33.3 Å². The average molecular weight is 485 g/mol. The minimum Gasteiger partial charge on any atom is -0.355 e. The summed E-state index contributed by atoms with van der Waals surface area (Å²) in [6, 6.07) is 6.51. The Balaban J connectivity index is 1.89. The number of hydrogen-bond donors (Lipinski definition) is 0. The first kappa shape index (κ1) is 21.7. The van der Waals surface area contributed by atoms with Crippen LogP contribution in [-0.2, 0) is 6.54 Å². The fraction of sp³-hybridized carbons (Fsp3) is 0.500. The number of hydrogen-bond acceptors (Lipinski definition) is 7. The van der Waals surface area contributed by atoms with E-state index < -0.39 is 0 Å². The Bertz CT molecular complexity index is 1080. The van der Waals surface area contributed by atoms with E-state index in [1.807, 2.05) is 6.92 Å². The van der Waals surface area contributed by atoms with E-state index in [9.17, 15) is 0 Å². The van der Waals surface area contributed by atoms with Gasteiger partial charge in [-0.05, 0) is 70.2 Å². The molecule has 0 spiro atoms. The predicted octanol–water partition coefficient (Wildman–Crippen LogP) is 4.92. The summed E-state index contributed by atoms with van der Waals surface area (Å²) in [5.41, 5.74) is 3.17. The van der Waals surface area contributed by atoms with Gasteiger partial charge in [0.15, 0.2) is 23.1 Å². The highest BCUT2D eigenvalue weighted by molar-refractivity contribution is 9.10. The minimum atomic E-state index is 0.458. The summed E-state index contributed by atoms with van der Waals surface area (Å²) in [4.78, 5) is 14.2. The lowest BCUT2D eigenvalue weighted by Gasteiger charge is -2.33. The molecule has 2 aromatic heterocycles. The number of tetrazole rings is 1. The third-order valence-electron chi connectivity index (χ3n) is 5.65. The van der Waals surface area contributed by atoms with Gasteiger partial charge in [-0.1, -0.05) is 33.3 Å². The van der Waals surface area contributed by atoms with Crippen LogP contribution in [0.3, 0.4) is 0 Å². The second-order valence-corrected chi connectivity index (χ2v) is 9.01. The topological polar surface area (TPSA) is 75.9 Å². The molecular formula is C22H29BrN8. The van der Waals surface area contributed by atoms with Gasteiger partial charge in [-0.15, -0.1) is 5.10 Å². The lowest BCUT2D eigenvalue weighted by atomic mass is 10.0. The maximum absolute atomic E-state index is 4.86. The Kier molecular flexibility index (Phi) is 6.22. The van der Waals surface area contributed by atoms with Gasteiger partial charge in [0.25, 0.3) is 0 Å². The highest BCUT2D eigenvalue weighted by Crippen LogP contribution is 2.42. The number of fused-ring (bicyclic) bond motifs is 3. The van der Waals surface area contributed by atoms with E-state index in [0.29, 0.717) is 12.5 Å². The molecule has 9 heteroatoms. The van der Waals surface area contributed by atoms with Gasteiger partial charge in [-0.3, -0.25) is 0 Å². The van der Waals surface area contributed by atoms with Gasteiger partial charge < -0.3 is 9.80 Å².